The maximum Gasteiger partial charge on any atom is 0.409 e. The van der Waals surface area contributed by atoms with Gasteiger partial charge in [-0.05, 0) is 70.1 Å². The molecule has 0 aromatic carbocycles. The van der Waals surface area contributed by atoms with Gasteiger partial charge in [-0.2, -0.15) is 0 Å². The Kier molecular flexibility index (Phi) is 8.78. The first-order chi connectivity index (χ1) is 20.1. The van der Waals surface area contributed by atoms with Gasteiger partial charge in [-0.3, -0.25) is 20.1 Å². The highest BCUT2D eigenvalue weighted by atomic mass is 32.1. The normalized spacial score (nSPS) is 18.0. The van der Waals surface area contributed by atoms with Crippen LogP contribution < -0.4 is 20.9 Å². The number of hydrogen-bond acceptors (Lipinski definition) is 9. The van der Waals surface area contributed by atoms with E-state index in [1.165, 1.54) is 11.3 Å². The van der Waals surface area contributed by atoms with E-state index in [9.17, 15) is 19.5 Å². The number of amides is 3. The maximum atomic E-state index is 13.7. The van der Waals surface area contributed by atoms with E-state index in [1.54, 1.807) is 18.6 Å². The van der Waals surface area contributed by atoms with Gasteiger partial charge in [0.15, 0.2) is 0 Å². The van der Waals surface area contributed by atoms with Crippen molar-refractivity contribution < 1.29 is 29.0 Å². The fourth-order valence-electron chi connectivity index (χ4n) is 5.38. The average molecular weight is 597 g/mol. The number of carboxylic acid groups (broad SMARTS) is 1. The minimum atomic E-state index is -1.26. The van der Waals surface area contributed by atoms with Crippen LogP contribution in [-0.2, 0) is 9.47 Å². The summed E-state index contributed by atoms with van der Waals surface area (Å²) in [5.41, 5.74) is 2.27. The van der Waals surface area contributed by atoms with Crippen LogP contribution in [-0.4, -0.2) is 71.1 Å². The summed E-state index contributed by atoms with van der Waals surface area (Å²) in [4.78, 5) is 48.6. The standard InChI is InChI=1S/C29H36N6O6S/c1-29(2,3)41-28(39)32-19-5-4-10-35(16-19)21-6-9-30-15-20(21)33-25(36)23-24-22(42-26(23)34-27(37)38)13-18(14-31-24)17-7-11-40-12-8-17/h6,9,13-15,17,19,34H,4-5,7-8,10-12,16H2,1-3H3,(H,32,39)(H,33,36)(H,37,38)/t19-/m0/s1. The van der Waals surface area contributed by atoms with Crippen molar-refractivity contribution in [2.75, 3.05) is 41.8 Å². The highest BCUT2D eigenvalue weighted by Gasteiger charge is 2.28. The van der Waals surface area contributed by atoms with E-state index < -0.39 is 23.7 Å². The van der Waals surface area contributed by atoms with Gasteiger partial charge in [-0.1, -0.05) is 0 Å². The number of rotatable bonds is 6. The SMILES string of the molecule is CC(C)(C)OC(=O)N[C@H]1CCCN(c2ccncc2NC(=O)c2c(NC(=O)O)sc3cc(C4CCOCC4)cnc23)C1. The Bertz CT molecular complexity index is 1460. The van der Waals surface area contributed by atoms with Crippen molar-refractivity contribution in [1.29, 1.82) is 0 Å². The number of hydrogen-bond donors (Lipinski definition) is 4. The number of carbonyl (C=O) groups is 3. The molecule has 2 saturated heterocycles. The number of piperidine rings is 1. The van der Waals surface area contributed by atoms with Gasteiger partial charge >= 0.3 is 12.2 Å². The zero-order valence-electron chi connectivity index (χ0n) is 23.9. The summed E-state index contributed by atoms with van der Waals surface area (Å²) >= 11 is 1.19. The number of anilines is 3. The molecule has 3 aromatic heterocycles. The van der Waals surface area contributed by atoms with Crippen molar-refractivity contribution in [3.05, 3.63) is 41.9 Å². The quantitative estimate of drug-likeness (QED) is 0.292. The molecule has 4 N–H and O–H groups in total. The van der Waals surface area contributed by atoms with Gasteiger partial charge in [0.1, 0.15) is 16.2 Å². The molecule has 2 aliphatic rings. The first kappa shape index (κ1) is 29.5. The van der Waals surface area contributed by atoms with E-state index in [4.69, 9.17) is 9.47 Å². The molecule has 0 saturated carbocycles. The van der Waals surface area contributed by atoms with Gasteiger partial charge in [0.25, 0.3) is 5.91 Å². The second-order valence-electron chi connectivity index (χ2n) is 11.5. The summed E-state index contributed by atoms with van der Waals surface area (Å²) in [6.07, 6.45) is 6.66. The molecule has 5 heterocycles. The van der Waals surface area contributed by atoms with E-state index in [0.29, 0.717) is 36.9 Å². The van der Waals surface area contributed by atoms with E-state index in [1.807, 2.05) is 32.9 Å². The zero-order valence-corrected chi connectivity index (χ0v) is 24.8. The number of fused-ring (bicyclic) bond motifs is 1. The van der Waals surface area contributed by atoms with Gasteiger partial charge < -0.3 is 30.1 Å². The lowest BCUT2D eigenvalue weighted by atomic mass is 9.93. The molecule has 224 valence electrons. The number of nitrogens with one attached hydrogen (secondary N) is 3. The molecule has 0 bridgehead atoms. The van der Waals surface area contributed by atoms with E-state index in [-0.39, 0.29) is 16.6 Å². The molecule has 42 heavy (non-hydrogen) atoms. The Labute approximate surface area is 247 Å². The molecule has 0 unspecified atom stereocenters. The van der Waals surface area contributed by atoms with Crippen LogP contribution >= 0.6 is 11.3 Å². The second-order valence-corrected chi connectivity index (χ2v) is 12.6. The van der Waals surface area contributed by atoms with Crippen molar-refractivity contribution >= 4 is 56.0 Å². The van der Waals surface area contributed by atoms with Crippen molar-refractivity contribution in [3.63, 3.8) is 0 Å². The predicted molar refractivity (Wildman–Crippen MR) is 161 cm³/mol. The summed E-state index contributed by atoms with van der Waals surface area (Å²) in [5.74, 6) is -0.187. The molecule has 0 radical (unpaired) electrons. The Hall–Kier alpha value is -3.97. The summed E-state index contributed by atoms with van der Waals surface area (Å²) in [5, 5.41) is 18.0. The summed E-state index contributed by atoms with van der Waals surface area (Å²) in [7, 11) is 0. The molecule has 0 spiro atoms. The fraction of sp³-hybridized carbons (Fsp3) is 0.483. The Morgan fingerprint density at radius 3 is 2.67 bits per heavy atom. The molecule has 12 nitrogen and oxygen atoms in total. The Morgan fingerprint density at radius 1 is 1.14 bits per heavy atom. The third-order valence-electron chi connectivity index (χ3n) is 7.22. The van der Waals surface area contributed by atoms with Crippen molar-refractivity contribution in [3.8, 4) is 0 Å². The largest absolute Gasteiger partial charge is 0.465 e. The molecule has 2 aliphatic heterocycles. The number of aromatic nitrogens is 2. The third kappa shape index (κ3) is 7.08. The minimum Gasteiger partial charge on any atom is -0.465 e. The van der Waals surface area contributed by atoms with Gasteiger partial charge in [0.05, 0.1) is 27.8 Å². The predicted octanol–water partition coefficient (Wildman–Crippen LogP) is 5.42. The number of alkyl carbamates (subject to hydrolysis) is 1. The van der Waals surface area contributed by atoms with Crippen LogP contribution in [0.4, 0.5) is 26.0 Å². The summed E-state index contributed by atoms with van der Waals surface area (Å²) in [6, 6.07) is 3.67. The van der Waals surface area contributed by atoms with Crippen LogP contribution in [0.1, 0.15) is 68.3 Å². The van der Waals surface area contributed by atoms with E-state index in [0.717, 1.165) is 48.2 Å². The molecular formula is C29H36N6O6S. The first-order valence-corrected chi connectivity index (χ1v) is 14.9. The van der Waals surface area contributed by atoms with Gasteiger partial charge in [0, 0.05) is 44.7 Å². The smallest absolute Gasteiger partial charge is 0.409 e. The van der Waals surface area contributed by atoms with Gasteiger partial charge in [0.2, 0.25) is 0 Å². The Morgan fingerprint density at radius 2 is 1.93 bits per heavy atom. The van der Waals surface area contributed by atoms with Crippen molar-refractivity contribution in [1.82, 2.24) is 15.3 Å². The number of nitrogens with zero attached hydrogens (tertiary/aromatic N) is 3. The van der Waals surface area contributed by atoms with Crippen LogP contribution in [0.3, 0.4) is 0 Å². The molecule has 3 aromatic rings. The van der Waals surface area contributed by atoms with Crippen LogP contribution in [0.2, 0.25) is 0 Å². The minimum absolute atomic E-state index is 0.133. The lowest BCUT2D eigenvalue weighted by Crippen LogP contribution is -2.49. The average Bonchev–Trinajstić information content (AvgIpc) is 3.29. The number of pyridine rings is 2. The van der Waals surface area contributed by atoms with Crippen molar-refractivity contribution in [2.24, 2.45) is 0 Å². The molecule has 3 amide bonds. The van der Waals surface area contributed by atoms with Crippen LogP contribution in [0.5, 0.6) is 0 Å². The lowest BCUT2D eigenvalue weighted by Gasteiger charge is -2.35. The second kappa shape index (κ2) is 12.5. The number of thiophene rings is 1. The van der Waals surface area contributed by atoms with Gasteiger partial charge in [-0.25, -0.2) is 9.59 Å². The molecule has 2 fully saturated rings. The molecular weight excluding hydrogens is 560 g/mol. The van der Waals surface area contributed by atoms with Crippen LogP contribution in [0.25, 0.3) is 10.2 Å². The number of carbonyl (C=O) groups excluding carboxylic acids is 2. The molecule has 1 atom stereocenters. The van der Waals surface area contributed by atoms with Crippen molar-refractivity contribution in [2.45, 2.75) is 64.0 Å². The van der Waals surface area contributed by atoms with Gasteiger partial charge in [-0.15, -0.1) is 11.3 Å². The van der Waals surface area contributed by atoms with Crippen LogP contribution in [0, 0.1) is 0 Å². The first-order valence-electron chi connectivity index (χ1n) is 14.1. The topological polar surface area (TPSA) is 155 Å². The van der Waals surface area contributed by atoms with E-state index >= 15 is 0 Å². The summed E-state index contributed by atoms with van der Waals surface area (Å²) < 4.78 is 11.6. The lowest BCUT2D eigenvalue weighted by molar-refractivity contribution is 0.0499. The summed E-state index contributed by atoms with van der Waals surface area (Å²) in [6.45, 7) is 8.09. The molecule has 13 heteroatoms. The third-order valence-corrected chi connectivity index (χ3v) is 8.26. The van der Waals surface area contributed by atoms with E-state index in [2.05, 4.69) is 30.8 Å². The maximum absolute atomic E-state index is 13.7. The molecule has 0 aliphatic carbocycles. The van der Waals surface area contributed by atoms with Crippen LogP contribution in [0.15, 0.2) is 30.7 Å². The fourth-order valence-corrected chi connectivity index (χ4v) is 6.47. The monoisotopic (exact) mass is 596 g/mol. The molecule has 5 rings (SSSR count). The zero-order chi connectivity index (χ0) is 29.9. The number of ether oxygens (including phenoxy) is 2. The highest BCUT2D eigenvalue weighted by Crippen LogP contribution is 2.38. The Balaban J connectivity index is 1.38. The highest BCUT2D eigenvalue weighted by molar-refractivity contribution is 7.23.